The third-order valence-corrected chi connectivity index (χ3v) is 3.08. The van der Waals surface area contributed by atoms with Gasteiger partial charge in [0.05, 0.1) is 17.1 Å². The van der Waals surface area contributed by atoms with Gasteiger partial charge in [-0.1, -0.05) is 44.5 Å². The van der Waals surface area contributed by atoms with E-state index in [0.717, 1.165) is 5.56 Å². The van der Waals surface area contributed by atoms with E-state index in [4.69, 9.17) is 16.3 Å². The smallest absolute Gasteiger partial charge is 0.277 e. The van der Waals surface area contributed by atoms with Crippen molar-refractivity contribution in [3.8, 4) is 11.6 Å². The first-order chi connectivity index (χ1) is 9.75. The molecule has 0 saturated carbocycles. The van der Waals surface area contributed by atoms with Gasteiger partial charge in [0.2, 0.25) is 5.88 Å². The molecule has 0 aliphatic heterocycles. The first-order valence-electron chi connectivity index (χ1n) is 6.36. The molecule has 0 saturated heterocycles. The molecule has 0 atom stereocenters. The number of ether oxygens (including phenoxy) is 1. The summed E-state index contributed by atoms with van der Waals surface area (Å²) in [5.41, 5.74) is 0.918. The van der Waals surface area contributed by atoms with Crippen LogP contribution < -0.4 is 4.74 Å². The molecule has 6 heteroatoms. The van der Waals surface area contributed by atoms with Crippen molar-refractivity contribution in [3.05, 3.63) is 57.2 Å². The molecule has 21 heavy (non-hydrogen) atoms. The summed E-state index contributed by atoms with van der Waals surface area (Å²) in [6.45, 7) is 6.28. The predicted octanol–water partition coefficient (Wildman–Crippen LogP) is 4.73. The minimum Gasteiger partial charge on any atom is -0.439 e. The molecule has 2 rings (SSSR count). The molecular formula is C15H15ClN2O3. The van der Waals surface area contributed by atoms with Gasteiger partial charge in [0.1, 0.15) is 10.9 Å². The Morgan fingerprint density at radius 2 is 1.95 bits per heavy atom. The first kappa shape index (κ1) is 15.3. The summed E-state index contributed by atoms with van der Waals surface area (Å²) in [6, 6.07) is 9.95. The highest BCUT2D eigenvalue weighted by atomic mass is 35.5. The van der Waals surface area contributed by atoms with E-state index >= 15 is 0 Å². The number of halogens is 1. The van der Waals surface area contributed by atoms with E-state index < -0.39 is 4.92 Å². The topological polar surface area (TPSA) is 65.3 Å². The van der Waals surface area contributed by atoms with E-state index in [1.165, 1.54) is 12.1 Å². The third-order valence-electron chi connectivity index (χ3n) is 2.89. The average Bonchev–Trinajstić information content (AvgIpc) is 2.37. The lowest BCUT2D eigenvalue weighted by molar-refractivity contribution is -0.385. The van der Waals surface area contributed by atoms with Crippen LogP contribution in [0.5, 0.6) is 11.6 Å². The van der Waals surface area contributed by atoms with Gasteiger partial charge in [0.15, 0.2) is 0 Å². The molecule has 110 valence electrons. The molecule has 0 radical (unpaired) electrons. The highest BCUT2D eigenvalue weighted by Crippen LogP contribution is 2.29. The number of nitrogens with zero attached hydrogens (tertiary/aromatic N) is 2. The van der Waals surface area contributed by atoms with Crippen molar-refractivity contribution < 1.29 is 9.66 Å². The predicted molar refractivity (Wildman–Crippen MR) is 81.1 cm³/mol. The summed E-state index contributed by atoms with van der Waals surface area (Å²) in [6.07, 6.45) is 0. The minimum absolute atomic E-state index is 0.0196. The zero-order chi connectivity index (χ0) is 15.6. The molecule has 1 aromatic heterocycles. The van der Waals surface area contributed by atoms with Gasteiger partial charge in [0.25, 0.3) is 5.69 Å². The number of aromatic nitrogens is 1. The van der Waals surface area contributed by atoms with Crippen molar-refractivity contribution in [2.45, 2.75) is 26.2 Å². The van der Waals surface area contributed by atoms with Crippen molar-refractivity contribution in [2.75, 3.05) is 0 Å². The molecule has 0 fully saturated rings. The van der Waals surface area contributed by atoms with Gasteiger partial charge in [-0.2, -0.15) is 0 Å². The van der Waals surface area contributed by atoms with Crippen LogP contribution in [0.4, 0.5) is 5.69 Å². The molecule has 0 bridgehead atoms. The maximum atomic E-state index is 10.8. The Balaban J connectivity index is 2.32. The second kappa shape index (κ2) is 5.69. The molecule has 2 aromatic rings. The largest absolute Gasteiger partial charge is 0.439 e. The zero-order valence-electron chi connectivity index (χ0n) is 12.0. The Kier molecular flexibility index (Phi) is 4.14. The van der Waals surface area contributed by atoms with E-state index in [1.807, 2.05) is 18.2 Å². The van der Waals surface area contributed by atoms with Crippen molar-refractivity contribution in [3.63, 3.8) is 0 Å². The van der Waals surface area contributed by atoms with Gasteiger partial charge in [-0.3, -0.25) is 10.1 Å². The van der Waals surface area contributed by atoms with Gasteiger partial charge in [-0.25, -0.2) is 4.98 Å². The summed E-state index contributed by atoms with van der Waals surface area (Å²) in [4.78, 5) is 14.2. The highest BCUT2D eigenvalue weighted by Gasteiger charge is 2.15. The van der Waals surface area contributed by atoms with Crippen LogP contribution in [-0.4, -0.2) is 9.91 Å². The van der Waals surface area contributed by atoms with Gasteiger partial charge in [0, 0.05) is 0 Å². The van der Waals surface area contributed by atoms with Gasteiger partial charge in [-0.05, 0) is 23.1 Å². The fraction of sp³-hybridized carbons (Fsp3) is 0.267. The molecule has 0 unspecified atom stereocenters. The maximum Gasteiger partial charge on any atom is 0.277 e. The van der Waals surface area contributed by atoms with Crippen molar-refractivity contribution in [1.29, 1.82) is 0 Å². The van der Waals surface area contributed by atoms with Crippen LogP contribution in [0, 0.1) is 10.1 Å². The van der Waals surface area contributed by atoms with Crippen LogP contribution in [0.15, 0.2) is 36.4 Å². The van der Waals surface area contributed by atoms with Crippen molar-refractivity contribution >= 4 is 17.3 Å². The lowest BCUT2D eigenvalue weighted by Gasteiger charge is -2.19. The molecule has 0 aliphatic rings. The Morgan fingerprint density at radius 1 is 1.24 bits per heavy atom. The lowest BCUT2D eigenvalue weighted by atomic mass is 9.87. The summed E-state index contributed by atoms with van der Waals surface area (Å²) in [5.74, 6) is 0.659. The standard InChI is InChI=1S/C15H15ClN2O3/c1-15(2,3)10-5-4-6-12(7-10)21-14-9-11(18(19)20)8-13(16)17-14/h4-9H,1-3H3. The Labute approximate surface area is 127 Å². The number of nitro groups is 1. The fourth-order valence-corrected chi connectivity index (χ4v) is 1.96. The van der Waals surface area contributed by atoms with E-state index in [1.54, 1.807) is 6.07 Å². The monoisotopic (exact) mass is 306 g/mol. The minimum atomic E-state index is -0.536. The summed E-state index contributed by atoms with van der Waals surface area (Å²) >= 11 is 5.77. The second-order valence-electron chi connectivity index (χ2n) is 5.62. The van der Waals surface area contributed by atoms with Gasteiger partial charge < -0.3 is 4.74 Å². The molecule has 5 nitrogen and oxygen atoms in total. The van der Waals surface area contributed by atoms with Crippen LogP contribution in [-0.2, 0) is 5.41 Å². The first-order valence-corrected chi connectivity index (χ1v) is 6.74. The molecule has 0 spiro atoms. The van der Waals surface area contributed by atoms with Crippen LogP contribution in [0.1, 0.15) is 26.3 Å². The van der Waals surface area contributed by atoms with Gasteiger partial charge >= 0.3 is 0 Å². The van der Waals surface area contributed by atoms with E-state index in [2.05, 4.69) is 25.8 Å². The fourth-order valence-electron chi connectivity index (χ4n) is 1.76. The molecule has 0 amide bonds. The van der Waals surface area contributed by atoms with E-state index in [0.29, 0.717) is 5.75 Å². The Hall–Kier alpha value is -2.14. The average molecular weight is 307 g/mol. The molecular weight excluding hydrogens is 292 g/mol. The number of hydrogen-bond acceptors (Lipinski definition) is 4. The van der Waals surface area contributed by atoms with Crippen LogP contribution in [0.25, 0.3) is 0 Å². The number of pyridine rings is 1. The van der Waals surface area contributed by atoms with Gasteiger partial charge in [-0.15, -0.1) is 0 Å². The number of benzene rings is 1. The second-order valence-corrected chi connectivity index (χ2v) is 6.01. The SMILES string of the molecule is CC(C)(C)c1cccc(Oc2cc([N+](=O)[O-])cc(Cl)n2)c1. The van der Waals surface area contributed by atoms with Crippen molar-refractivity contribution in [1.82, 2.24) is 4.98 Å². The summed E-state index contributed by atoms with van der Waals surface area (Å²) < 4.78 is 5.59. The van der Waals surface area contributed by atoms with Crippen LogP contribution in [0.2, 0.25) is 5.15 Å². The van der Waals surface area contributed by atoms with Crippen molar-refractivity contribution in [2.24, 2.45) is 0 Å². The van der Waals surface area contributed by atoms with Crippen LogP contribution in [0.3, 0.4) is 0 Å². The van der Waals surface area contributed by atoms with E-state index in [-0.39, 0.29) is 22.1 Å². The highest BCUT2D eigenvalue weighted by molar-refractivity contribution is 6.29. The molecule has 0 aliphatic carbocycles. The maximum absolute atomic E-state index is 10.8. The molecule has 1 aromatic carbocycles. The normalized spacial score (nSPS) is 11.2. The summed E-state index contributed by atoms with van der Waals surface area (Å²) in [5, 5.41) is 10.8. The molecule has 0 N–H and O–H groups in total. The molecule has 1 heterocycles. The Morgan fingerprint density at radius 3 is 2.57 bits per heavy atom. The lowest BCUT2D eigenvalue weighted by Crippen LogP contribution is -2.10. The number of rotatable bonds is 3. The third kappa shape index (κ3) is 3.92. The summed E-state index contributed by atoms with van der Waals surface area (Å²) in [7, 11) is 0. The quantitative estimate of drug-likeness (QED) is 0.467. The zero-order valence-corrected chi connectivity index (χ0v) is 12.7. The van der Waals surface area contributed by atoms with E-state index in [9.17, 15) is 10.1 Å². The van der Waals surface area contributed by atoms with Crippen LogP contribution >= 0.6 is 11.6 Å². The Bertz CT molecular complexity index is 681. The number of hydrogen-bond donors (Lipinski definition) is 0.